The molecular formula is C16H30N2O2. The lowest BCUT2D eigenvalue weighted by molar-refractivity contribution is -0.135. The first kappa shape index (κ1) is 15.8. The predicted molar refractivity (Wildman–Crippen MR) is 80.3 cm³/mol. The van der Waals surface area contributed by atoms with E-state index in [0.29, 0.717) is 6.54 Å². The third kappa shape index (κ3) is 3.53. The van der Waals surface area contributed by atoms with Gasteiger partial charge in [-0.25, -0.2) is 0 Å². The van der Waals surface area contributed by atoms with Gasteiger partial charge in [-0.2, -0.15) is 0 Å². The van der Waals surface area contributed by atoms with Gasteiger partial charge in [-0.1, -0.05) is 6.92 Å². The van der Waals surface area contributed by atoms with Crippen LogP contribution in [0.3, 0.4) is 0 Å². The Balaban J connectivity index is 1.96. The maximum Gasteiger partial charge on any atom is 0.227 e. The number of carbonyl (C=O) groups is 1. The summed E-state index contributed by atoms with van der Waals surface area (Å²) in [5, 5.41) is 3.25. The van der Waals surface area contributed by atoms with Crippen LogP contribution in [0.2, 0.25) is 0 Å². The molecule has 1 amide bonds. The van der Waals surface area contributed by atoms with Crippen LogP contribution >= 0.6 is 0 Å². The summed E-state index contributed by atoms with van der Waals surface area (Å²) in [5.74, 6) is 0.902. The van der Waals surface area contributed by atoms with Crippen LogP contribution in [0.1, 0.15) is 59.3 Å². The van der Waals surface area contributed by atoms with Crippen molar-refractivity contribution >= 4 is 5.91 Å². The van der Waals surface area contributed by atoms with Gasteiger partial charge in [0, 0.05) is 19.2 Å². The summed E-state index contributed by atoms with van der Waals surface area (Å²) in [6, 6.07) is 0.231. The summed E-state index contributed by atoms with van der Waals surface area (Å²) in [4.78, 5) is 12.7. The summed E-state index contributed by atoms with van der Waals surface area (Å²) < 4.78 is 5.71. The fourth-order valence-electron chi connectivity index (χ4n) is 3.53. The van der Waals surface area contributed by atoms with E-state index in [1.807, 2.05) is 0 Å². The number of nitrogens with two attached hydrogens (primary N) is 1. The number of carbonyl (C=O) groups excluding carboxylic acids is 1. The molecule has 1 unspecified atom stereocenters. The van der Waals surface area contributed by atoms with E-state index < -0.39 is 0 Å². The van der Waals surface area contributed by atoms with Crippen LogP contribution in [0, 0.1) is 11.3 Å². The van der Waals surface area contributed by atoms with E-state index in [0.717, 1.165) is 51.0 Å². The largest absolute Gasteiger partial charge is 0.375 e. The van der Waals surface area contributed by atoms with E-state index in [1.54, 1.807) is 0 Å². The highest BCUT2D eigenvalue weighted by Gasteiger charge is 2.41. The van der Waals surface area contributed by atoms with E-state index in [-0.39, 0.29) is 23.0 Å². The van der Waals surface area contributed by atoms with Gasteiger partial charge in [0.2, 0.25) is 5.91 Å². The monoisotopic (exact) mass is 282 g/mol. The Labute approximate surface area is 122 Å². The Hall–Kier alpha value is -0.610. The van der Waals surface area contributed by atoms with E-state index in [1.165, 1.54) is 0 Å². The molecule has 0 spiro atoms. The minimum atomic E-state index is -0.324. The molecule has 0 aromatic heterocycles. The Bertz CT molecular complexity index is 346. The molecule has 2 fully saturated rings. The Morgan fingerprint density at radius 1 is 1.30 bits per heavy atom. The maximum atomic E-state index is 12.7. The van der Waals surface area contributed by atoms with Gasteiger partial charge >= 0.3 is 0 Å². The molecule has 4 heteroatoms. The molecule has 1 heterocycles. The standard InChI is InChI=1S/C16H30N2O2/c1-12-4-7-16(11-17,8-5-12)14(19)18-13-6-9-20-15(2,3)10-13/h12-13H,4-11,17H2,1-3H3,(H,18,19). The molecule has 1 aliphatic carbocycles. The zero-order chi connectivity index (χ0) is 14.8. The lowest BCUT2D eigenvalue weighted by Crippen LogP contribution is -2.53. The number of ether oxygens (including phenoxy) is 1. The van der Waals surface area contributed by atoms with Gasteiger partial charge in [0.15, 0.2) is 0 Å². The zero-order valence-corrected chi connectivity index (χ0v) is 13.2. The number of hydrogen-bond donors (Lipinski definition) is 2. The molecule has 0 bridgehead atoms. The van der Waals surface area contributed by atoms with E-state index in [4.69, 9.17) is 10.5 Å². The first-order valence-corrected chi connectivity index (χ1v) is 8.02. The second-order valence-electron chi connectivity index (χ2n) is 7.44. The molecule has 2 rings (SSSR count). The van der Waals surface area contributed by atoms with Crippen molar-refractivity contribution in [2.24, 2.45) is 17.1 Å². The van der Waals surface area contributed by atoms with Crippen LogP contribution in [0.4, 0.5) is 0 Å². The molecule has 0 aromatic carbocycles. The lowest BCUT2D eigenvalue weighted by Gasteiger charge is -2.40. The number of nitrogens with one attached hydrogen (secondary N) is 1. The zero-order valence-electron chi connectivity index (χ0n) is 13.2. The number of amides is 1. The summed E-state index contributed by atoms with van der Waals surface area (Å²) in [7, 11) is 0. The Kier molecular flexibility index (Phi) is 4.75. The summed E-state index contributed by atoms with van der Waals surface area (Å²) in [5.41, 5.74) is 5.50. The average Bonchev–Trinajstić information content (AvgIpc) is 2.38. The highest BCUT2D eigenvalue weighted by Crippen LogP contribution is 2.38. The lowest BCUT2D eigenvalue weighted by atomic mass is 9.70. The second kappa shape index (κ2) is 6.02. The van der Waals surface area contributed by atoms with Crippen molar-refractivity contribution in [3.05, 3.63) is 0 Å². The van der Waals surface area contributed by atoms with Crippen LogP contribution in [-0.4, -0.2) is 30.7 Å². The van der Waals surface area contributed by atoms with Gasteiger partial charge in [0.1, 0.15) is 0 Å². The summed E-state index contributed by atoms with van der Waals surface area (Å²) in [6.45, 7) is 7.64. The van der Waals surface area contributed by atoms with Crippen LogP contribution < -0.4 is 11.1 Å². The quantitative estimate of drug-likeness (QED) is 0.834. The van der Waals surface area contributed by atoms with Crippen LogP contribution in [0.25, 0.3) is 0 Å². The fourth-order valence-corrected chi connectivity index (χ4v) is 3.53. The van der Waals surface area contributed by atoms with Crippen molar-refractivity contribution in [2.75, 3.05) is 13.2 Å². The molecule has 4 nitrogen and oxygen atoms in total. The molecule has 20 heavy (non-hydrogen) atoms. The highest BCUT2D eigenvalue weighted by atomic mass is 16.5. The number of rotatable bonds is 3. The molecule has 116 valence electrons. The highest BCUT2D eigenvalue weighted by molar-refractivity contribution is 5.83. The molecule has 1 saturated heterocycles. The molecular weight excluding hydrogens is 252 g/mol. The fraction of sp³-hybridized carbons (Fsp3) is 0.938. The predicted octanol–water partition coefficient (Wildman–Crippen LogP) is 2.22. The van der Waals surface area contributed by atoms with Gasteiger partial charge in [-0.15, -0.1) is 0 Å². The van der Waals surface area contributed by atoms with Crippen LogP contribution in [0.15, 0.2) is 0 Å². The molecule has 0 radical (unpaired) electrons. The maximum absolute atomic E-state index is 12.7. The number of hydrogen-bond acceptors (Lipinski definition) is 3. The van der Waals surface area contributed by atoms with E-state index in [2.05, 4.69) is 26.1 Å². The average molecular weight is 282 g/mol. The van der Waals surface area contributed by atoms with Crippen LogP contribution in [-0.2, 0) is 9.53 Å². The van der Waals surface area contributed by atoms with Crippen molar-refractivity contribution in [1.29, 1.82) is 0 Å². The minimum absolute atomic E-state index is 0.132. The molecule has 1 atom stereocenters. The summed E-state index contributed by atoms with van der Waals surface area (Å²) in [6.07, 6.45) is 5.89. The Morgan fingerprint density at radius 3 is 2.50 bits per heavy atom. The van der Waals surface area contributed by atoms with Gasteiger partial charge in [0.05, 0.1) is 11.0 Å². The van der Waals surface area contributed by atoms with Crippen molar-refractivity contribution in [1.82, 2.24) is 5.32 Å². The molecule has 2 aliphatic rings. The normalized spacial score (nSPS) is 37.4. The molecule has 1 saturated carbocycles. The minimum Gasteiger partial charge on any atom is -0.375 e. The third-order valence-electron chi connectivity index (χ3n) is 5.14. The summed E-state index contributed by atoms with van der Waals surface area (Å²) >= 11 is 0. The SMILES string of the molecule is CC1CCC(CN)(C(=O)NC2CCOC(C)(C)C2)CC1. The Morgan fingerprint density at radius 2 is 1.95 bits per heavy atom. The second-order valence-corrected chi connectivity index (χ2v) is 7.44. The topological polar surface area (TPSA) is 64.4 Å². The smallest absolute Gasteiger partial charge is 0.227 e. The van der Waals surface area contributed by atoms with Crippen molar-refractivity contribution in [3.8, 4) is 0 Å². The molecule has 0 aromatic rings. The van der Waals surface area contributed by atoms with E-state index >= 15 is 0 Å². The molecule has 3 N–H and O–H groups in total. The van der Waals surface area contributed by atoms with Gasteiger partial charge < -0.3 is 15.8 Å². The van der Waals surface area contributed by atoms with E-state index in [9.17, 15) is 4.79 Å². The van der Waals surface area contributed by atoms with Crippen LogP contribution in [0.5, 0.6) is 0 Å². The van der Waals surface area contributed by atoms with Gasteiger partial charge in [-0.3, -0.25) is 4.79 Å². The van der Waals surface area contributed by atoms with Gasteiger partial charge in [-0.05, 0) is 58.3 Å². The first-order valence-electron chi connectivity index (χ1n) is 8.02. The molecule has 1 aliphatic heterocycles. The van der Waals surface area contributed by atoms with Crippen molar-refractivity contribution in [3.63, 3.8) is 0 Å². The van der Waals surface area contributed by atoms with Crippen molar-refractivity contribution < 1.29 is 9.53 Å². The first-order chi connectivity index (χ1) is 9.37. The third-order valence-corrected chi connectivity index (χ3v) is 5.14. The van der Waals surface area contributed by atoms with Crippen molar-refractivity contribution in [2.45, 2.75) is 70.9 Å². The van der Waals surface area contributed by atoms with Gasteiger partial charge in [0.25, 0.3) is 0 Å².